The number of hydrogen-bond donors (Lipinski definition) is 1. The molecule has 0 bridgehead atoms. The molecule has 3 heterocycles. The van der Waals surface area contributed by atoms with Gasteiger partial charge in [-0.2, -0.15) is 0 Å². The predicted molar refractivity (Wildman–Crippen MR) is 82.8 cm³/mol. The van der Waals surface area contributed by atoms with E-state index in [0.717, 1.165) is 29.6 Å². The van der Waals surface area contributed by atoms with Crippen LogP contribution >= 0.6 is 0 Å². The van der Waals surface area contributed by atoms with Crippen LogP contribution in [0, 0.1) is 11.3 Å². The summed E-state index contributed by atoms with van der Waals surface area (Å²) in [4.78, 5) is 17.9. The van der Waals surface area contributed by atoms with Crippen molar-refractivity contribution < 1.29 is 14.3 Å². The van der Waals surface area contributed by atoms with Crippen molar-refractivity contribution in [2.75, 3.05) is 40.0 Å². The van der Waals surface area contributed by atoms with E-state index in [0.29, 0.717) is 25.7 Å². The van der Waals surface area contributed by atoms with Crippen molar-refractivity contribution in [1.29, 1.82) is 0 Å². The highest BCUT2D eigenvalue weighted by molar-refractivity contribution is 5.98. The summed E-state index contributed by atoms with van der Waals surface area (Å²) in [5.41, 5.74) is 1.71. The average Bonchev–Trinajstić information content (AvgIpc) is 3.18. The van der Waals surface area contributed by atoms with E-state index in [2.05, 4.69) is 4.98 Å². The normalized spacial score (nSPS) is 27.5. The molecule has 0 aliphatic carbocycles. The smallest absolute Gasteiger partial charge is 0.253 e. The van der Waals surface area contributed by atoms with Crippen LogP contribution in [0.15, 0.2) is 30.5 Å². The van der Waals surface area contributed by atoms with E-state index >= 15 is 0 Å². The standard InChI is InChI=1S/C17H20N2O3/c1-21-10-17-9-19(7-14(17)8-22-11-17)16(20)13-3-2-12-4-5-18-15(12)6-13/h2-6,14,18H,7-11H2,1H3/t14-,17-/m0/s1. The number of hydrogen-bond acceptors (Lipinski definition) is 3. The number of fused-ring (bicyclic) bond motifs is 2. The third kappa shape index (κ3) is 2.04. The number of nitrogens with one attached hydrogen (secondary N) is 1. The fourth-order valence-electron chi connectivity index (χ4n) is 3.84. The zero-order valence-corrected chi connectivity index (χ0v) is 12.7. The van der Waals surface area contributed by atoms with Gasteiger partial charge in [0.15, 0.2) is 0 Å². The monoisotopic (exact) mass is 300 g/mol. The number of ether oxygens (including phenoxy) is 2. The van der Waals surface area contributed by atoms with Gasteiger partial charge in [-0.3, -0.25) is 4.79 Å². The number of carbonyl (C=O) groups excluding carboxylic acids is 1. The van der Waals surface area contributed by atoms with Crippen molar-refractivity contribution in [1.82, 2.24) is 9.88 Å². The quantitative estimate of drug-likeness (QED) is 0.942. The summed E-state index contributed by atoms with van der Waals surface area (Å²) in [6.07, 6.45) is 1.89. The third-order valence-corrected chi connectivity index (χ3v) is 5.04. The first-order chi connectivity index (χ1) is 10.7. The number of rotatable bonds is 3. The summed E-state index contributed by atoms with van der Waals surface area (Å²) < 4.78 is 11.0. The number of amides is 1. The van der Waals surface area contributed by atoms with Crippen LogP contribution in [-0.4, -0.2) is 55.8 Å². The third-order valence-electron chi connectivity index (χ3n) is 5.04. The first-order valence-corrected chi connectivity index (χ1v) is 7.65. The Kier molecular flexibility index (Phi) is 3.20. The molecule has 2 aliphatic rings. The molecule has 0 unspecified atom stereocenters. The molecular weight excluding hydrogens is 280 g/mol. The van der Waals surface area contributed by atoms with Crippen molar-refractivity contribution in [3.8, 4) is 0 Å². The van der Waals surface area contributed by atoms with E-state index in [-0.39, 0.29) is 11.3 Å². The van der Waals surface area contributed by atoms with Gasteiger partial charge in [0.05, 0.1) is 19.8 Å². The highest BCUT2D eigenvalue weighted by Crippen LogP contribution is 2.41. The Morgan fingerprint density at radius 2 is 2.41 bits per heavy atom. The molecule has 2 atom stereocenters. The number of H-pyrrole nitrogens is 1. The van der Waals surface area contributed by atoms with Crippen molar-refractivity contribution in [2.24, 2.45) is 11.3 Å². The van der Waals surface area contributed by atoms with Gasteiger partial charge in [-0.15, -0.1) is 0 Å². The molecule has 5 heteroatoms. The Hall–Kier alpha value is -1.85. The van der Waals surface area contributed by atoms with E-state index in [4.69, 9.17) is 9.47 Å². The van der Waals surface area contributed by atoms with Crippen LogP contribution in [-0.2, 0) is 9.47 Å². The Balaban J connectivity index is 1.58. The molecule has 0 saturated carbocycles. The molecule has 2 saturated heterocycles. The van der Waals surface area contributed by atoms with Gasteiger partial charge in [0.2, 0.25) is 0 Å². The maximum absolute atomic E-state index is 12.8. The molecule has 1 aromatic carbocycles. The van der Waals surface area contributed by atoms with Gasteiger partial charge >= 0.3 is 0 Å². The second-order valence-electron chi connectivity index (χ2n) is 6.47. The van der Waals surface area contributed by atoms with Crippen molar-refractivity contribution in [3.05, 3.63) is 36.0 Å². The Bertz CT molecular complexity index is 711. The summed E-state index contributed by atoms with van der Waals surface area (Å²) in [5.74, 6) is 0.479. The minimum absolute atomic E-state index is 0.0268. The van der Waals surface area contributed by atoms with E-state index < -0.39 is 0 Å². The molecule has 5 nitrogen and oxygen atoms in total. The molecular formula is C17H20N2O3. The first-order valence-electron chi connectivity index (χ1n) is 7.65. The van der Waals surface area contributed by atoms with Crippen molar-refractivity contribution >= 4 is 16.8 Å². The number of carbonyl (C=O) groups is 1. The van der Waals surface area contributed by atoms with Gasteiger partial charge in [0.25, 0.3) is 5.91 Å². The fourth-order valence-corrected chi connectivity index (χ4v) is 3.84. The fraction of sp³-hybridized carbons (Fsp3) is 0.471. The first kappa shape index (κ1) is 13.8. The highest BCUT2D eigenvalue weighted by Gasteiger charge is 2.51. The number of methoxy groups -OCH3 is 1. The minimum Gasteiger partial charge on any atom is -0.384 e. The molecule has 4 rings (SSSR count). The Morgan fingerprint density at radius 3 is 3.27 bits per heavy atom. The second kappa shape index (κ2) is 5.11. The number of aromatic amines is 1. The van der Waals surface area contributed by atoms with Gasteiger partial charge in [-0.25, -0.2) is 0 Å². The van der Waals surface area contributed by atoms with Crippen LogP contribution in [0.3, 0.4) is 0 Å². The van der Waals surface area contributed by atoms with E-state index in [9.17, 15) is 4.79 Å². The van der Waals surface area contributed by atoms with E-state index in [1.165, 1.54) is 0 Å². The lowest BCUT2D eigenvalue weighted by molar-refractivity contribution is 0.0489. The van der Waals surface area contributed by atoms with Gasteiger partial charge in [-0.1, -0.05) is 6.07 Å². The van der Waals surface area contributed by atoms with Gasteiger partial charge in [-0.05, 0) is 23.6 Å². The van der Waals surface area contributed by atoms with E-state index in [1.807, 2.05) is 35.4 Å². The summed E-state index contributed by atoms with van der Waals surface area (Å²) in [5, 5.41) is 1.12. The lowest BCUT2D eigenvalue weighted by atomic mass is 9.82. The molecule has 22 heavy (non-hydrogen) atoms. The average molecular weight is 300 g/mol. The van der Waals surface area contributed by atoms with Crippen LogP contribution in [0.2, 0.25) is 0 Å². The minimum atomic E-state index is -0.0268. The molecule has 2 fully saturated rings. The number of aromatic nitrogens is 1. The maximum Gasteiger partial charge on any atom is 0.253 e. The molecule has 1 aromatic heterocycles. The van der Waals surface area contributed by atoms with Crippen LogP contribution in [0.1, 0.15) is 10.4 Å². The molecule has 0 spiro atoms. The van der Waals surface area contributed by atoms with Gasteiger partial charge in [0.1, 0.15) is 0 Å². The summed E-state index contributed by atoms with van der Waals surface area (Å²) in [7, 11) is 1.72. The maximum atomic E-state index is 12.8. The molecule has 2 aromatic rings. The Labute approximate surface area is 129 Å². The zero-order chi connectivity index (χ0) is 15.2. The largest absolute Gasteiger partial charge is 0.384 e. The number of benzene rings is 1. The predicted octanol–water partition coefficient (Wildman–Crippen LogP) is 1.90. The Morgan fingerprint density at radius 1 is 1.50 bits per heavy atom. The molecule has 0 radical (unpaired) electrons. The summed E-state index contributed by atoms with van der Waals surface area (Å²) in [6.45, 7) is 3.53. The number of nitrogens with zero attached hydrogens (tertiary/aromatic N) is 1. The van der Waals surface area contributed by atoms with Crippen LogP contribution in [0.4, 0.5) is 0 Å². The van der Waals surface area contributed by atoms with E-state index in [1.54, 1.807) is 7.11 Å². The lowest BCUT2D eigenvalue weighted by Gasteiger charge is -2.26. The molecule has 2 aliphatic heterocycles. The zero-order valence-electron chi connectivity index (χ0n) is 12.7. The topological polar surface area (TPSA) is 54.6 Å². The SMILES string of the molecule is COC[C@@]12COC[C@@H]1CN(C(=O)c1ccc3cc[nH]c3c1)C2. The van der Waals surface area contributed by atoms with Gasteiger partial charge < -0.3 is 19.4 Å². The van der Waals surface area contributed by atoms with Crippen LogP contribution in [0.25, 0.3) is 10.9 Å². The van der Waals surface area contributed by atoms with Crippen LogP contribution < -0.4 is 0 Å². The number of likely N-dealkylation sites (tertiary alicyclic amines) is 1. The van der Waals surface area contributed by atoms with Gasteiger partial charge in [0, 0.05) is 48.8 Å². The van der Waals surface area contributed by atoms with Crippen molar-refractivity contribution in [2.45, 2.75) is 0 Å². The summed E-state index contributed by atoms with van der Waals surface area (Å²) >= 11 is 0. The molecule has 1 N–H and O–H groups in total. The van der Waals surface area contributed by atoms with Crippen LogP contribution in [0.5, 0.6) is 0 Å². The highest BCUT2D eigenvalue weighted by atomic mass is 16.5. The summed E-state index contributed by atoms with van der Waals surface area (Å²) in [6, 6.07) is 7.84. The van der Waals surface area contributed by atoms with Crippen molar-refractivity contribution in [3.63, 3.8) is 0 Å². The molecule has 116 valence electrons. The molecule has 1 amide bonds. The second-order valence-corrected chi connectivity index (χ2v) is 6.47. The lowest BCUT2D eigenvalue weighted by Crippen LogP contribution is -2.37.